The van der Waals surface area contributed by atoms with E-state index in [0.717, 1.165) is 29.9 Å². The van der Waals surface area contributed by atoms with Crippen LogP contribution in [0.4, 0.5) is 24.7 Å². The molecule has 2 heterocycles. The Kier molecular flexibility index (Phi) is 6.13. The van der Waals surface area contributed by atoms with Gasteiger partial charge in [0, 0.05) is 30.9 Å². The number of benzene rings is 1. The molecule has 2 aromatic rings. The van der Waals surface area contributed by atoms with Crippen molar-refractivity contribution in [2.24, 2.45) is 5.92 Å². The number of aryl methyl sites for hydroxylation is 1. The first-order valence-electron chi connectivity index (χ1n) is 9.16. The van der Waals surface area contributed by atoms with E-state index in [4.69, 9.17) is 11.6 Å². The van der Waals surface area contributed by atoms with E-state index in [0.29, 0.717) is 31.7 Å². The molecule has 3 rings (SSSR count). The Morgan fingerprint density at radius 3 is 2.57 bits per heavy atom. The normalized spacial score (nSPS) is 15.5. The molecule has 1 aliphatic heterocycles. The average molecular weight is 412 g/mol. The molecule has 4 nitrogen and oxygen atoms in total. The molecule has 1 aliphatic rings. The number of nitrogens with one attached hydrogen (secondary N) is 1. The first-order valence-corrected chi connectivity index (χ1v) is 9.54. The van der Waals surface area contributed by atoms with Crippen LogP contribution >= 0.6 is 11.6 Å². The molecule has 8 heteroatoms. The first kappa shape index (κ1) is 20.5. The zero-order valence-corrected chi connectivity index (χ0v) is 16.1. The summed E-state index contributed by atoms with van der Waals surface area (Å²) in [5.74, 6) is 0.131. The molecule has 150 valence electrons. The van der Waals surface area contributed by atoms with Gasteiger partial charge >= 0.3 is 6.18 Å². The molecule has 0 radical (unpaired) electrons. The number of amides is 1. The summed E-state index contributed by atoms with van der Waals surface area (Å²) in [5.41, 5.74) is 1.03. The molecule has 0 saturated carbocycles. The average Bonchev–Trinajstić information content (AvgIpc) is 2.68. The fraction of sp³-hybridized carbons (Fsp3) is 0.400. The fourth-order valence-corrected chi connectivity index (χ4v) is 3.64. The van der Waals surface area contributed by atoms with E-state index < -0.39 is 11.7 Å². The van der Waals surface area contributed by atoms with Crippen LogP contribution in [0.2, 0.25) is 5.02 Å². The maximum Gasteiger partial charge on any atom is 0.417 e. The third-order valence-electron chi connectivity index (χ3n) is 4.97. The Balaban J connectivity index is 1.62. The number of nitrogens with zero attached hydrogens (tertiary/aromatic N) is 2. The van der Waals surface area contributed by atoms with Crippen molar-refractivity contribution in [3.05, 3.63) is 52.7 Å². The van der Waals surface area contributed by atoms with Crippen molar-refractivity contribution in [3.8, 4) is 0 Å². The zero-order valence-electron chi connectivity index (χ0n) is 15.4. The minimum absolute atomic E-state index is 0.0328. The van der Waals surface area contributed by atoms with Gasteiger partial charge in [-0.3, -0.25) is 4.79 Å². The number of aromatic nitrogens is 1. The SMILES string of the molecule is CCc1ccccc1NC(=O)C1CCN(c2ncc(C(F)(F)F)cc2Cl)CC1. The molecule has 0 spiro atoms. The molecular formula is C20H21ClF3N3O. The highest BCUT2D eigenvalue weighted by Gasteiger charge is 2.33. The molecule has 1 aromatic carbocycles. The van der Waals surface area contributed by atoms with Crippen LogP contribution in [0.5, 0.6) is 0 Å². The lowest BCUT2D eigenvalue weighted by Gasteiger charge is -2.32. The predicted molar refractivity (Wildman–Crippen MR) is 104 cm³/mol. The van der Waals surface area contributed by atoms with E-state index in [1.54, 1.807) is 0 Å². The van der Waals surface area contributed by atoms with Gasteiger partial charge < -0.3 is 10.2 Å². The smallest absolute Gasteiger partial charge is 0.355 e. The summed E-state index contributed by atoms with van der Waals surface area (Å²) in [7, 11) is 0. The maximum absolute atomic E-state index is 12.8. The summed E-state index contributed by atoms with van der Waals surface area (Å²) < 4.78 is 38.3. The molecule has 0 atom stereocenters. The molecule has 1 aromatic heterocycles. The Bertz CT molecular complexity index is 849. The summed E-state index contributed by atoms with van der Waals surface area (Å²) in [5, 5.41) is 2.96. The van der Waals surface area contributed by atoms with Crippen molar-refractivity contribution in [3.63, 3.8) is 0 Å². The Morgan fingerprint density at radius 1 is 1.29 bits per heavy atom. The van der Waals surface area contributed by atoms with Gasteiger partial charge in [0.15, 0.2) is 0 Å². The van der Waals surface area contributed by atoms with Crippen LogP contribution in [0.3, 0.4) is 0 Å². The fourth-order valence-electron chi connectivity index (χ4n) is 3.36. The highest BCUT2D eigenvalue weighted by Crippen LogP contribution is 2.34. The van der Waals surface area contributed by atoms with E-state index in [1.807, 2.05) is 36.1 Å². The molecule has 0 bridgehead atoms. The second-order valence-corrected chi connectivity index (χ2v) is 7.20. The summed E-state index contributed by atoms with van der Waals surface area (Å²) in [6, 6.07) is 8.59. The van der Waals surface area contributed by atoms with Gasteiger partial charge in [0.05, 0.1) is 10.6 Å². The van der Waals surface area contributed by atoms with Crippen molar-refractivity contribution < 1.29 is 18.0 Å². The van der Waals surface area contributed by atoms with E-state index in [2.05, 4.69) is 10.3 Å². The molecule has 0 aliphatic carbocycles. The monoisotopic (exact) mass is 411 g/mol. The van der Waals surface area contributed by atoms with Gasteiger partial charge in [-0.2, -0.15) is 13.2 Å². The highest BCUT2D eigenvalue weighted by atomic mass is 35.5. The number of para-hydroxylation sites is 1. The van der Waals surface area contributed by atoms with E-state index >= 15 is 0 Å². The van der Waals surface area contributed by atoms with Crippen molar-refractivity contribution in [2.75, 3.05) is 23.3 Å². The summed E-state index contributed by atoms with van der Waals surface area (Å²) in [6.07, 6.45) is -1.69. The number of pyridine rings is 1. The topological polar surface area (TPSA) is 45.2 Å². The highest BCUT2D eigenvalue weighted by molar-refractivity contribution is 6.33. The van der Waals surface area contributed by atoms with Crippen LogP contribution in [0, 0.1) is 5.92 Å². The number of carbonyl (C=O) groups excluding carboxylic acids is 1. The number of hydrogen-bond acceptors (Lipinski definition) is 3. The predicted octanol–water partition coefficient (Wildman–Crippen LogP) is 5.17. The van der Waals surface area contributed by atoms with Gasteiger partial charge in [-0.1, -0.05) is 36.7 Å². The first-order chi connectivity index (χ1) is 13.3. The van der Waals surface area contributed by atoms with Gasteiger partial charge in [0.1, 0.15) is 5.82 Å². The lowest BCUT2D eigenvalue weighted by Crippen LogP contribution is -2.38. The van der Waals surface area contributed by atoms with Crippen molar-refractivity contribution in [1.82, 2.24) is 4.98 Å². The number of anilines is 2. The van der Waals surface area contributed by atoms with E-state index in [-0.39, 0.29) is 16.8 Å². The van der Waals surface area contributed by atoms with Gasteiger partial charge in [-0.05, 0) is 37.0 Å². The van der Waals surface area contributed by atoms with Gasteiger partial charge in [-0.25, -0.2) is 4.98 Å². The van der Waals surface area contributed by atoms with Crippen LogP contribution in [0.25, 0.3) is 0 Å². The number of alkyl halides is 3. The molecule has 1 fully saturated rings. The van der Waals surface area contributed by atoms with Crippen LogP contribution in [0.1, 0.15) is 30.9 Å². The number of halogens is 4. The van der Waals surface area contributed by atoms with Crippen LogP contribution in [-0.2, 0) is 17.4 Å². The molecule has 1 saturated heterocycles. The minimum atomic E-state index is -4.48. The number of piperidine rings is 1. The summed E-state index contributed by atoms with van der Waals surface area (Å²) in [4.78, 5) is 18.3. The molecule has 0 unspecified atom stereocenters. The molecular weight excluding hydrogens is 391 g/mol. The second kappa shape index (κ2) is 8.39. The number of carbonyl (C=O) groups is 1. The molecule has 1 N–H and O–H groups in total. The van der Waals surface area contributed by atoms with E-state index in [1.165, 1.54) is 0 Å². The van der Waals surface area contributed by atoms with Crippen LogP contribution < -0.4 is 10.2 Å². The Hall–Kier alpha value is -2.28. The Labute approximate surface area is 166 Å². The van der Waals surface area contributed by atoms with Crippen LogP contribution in [0.15, 0.2) is 36.5 Å². The maximum atomic E-state index is 12.8. The van der Waals surface area contributed by atoms with Gasteiger partial charge in [0.25, 0.3) is 0 Å². The third kappa shape index (κ3) is 4.58. The zero-order chi connectivity index (χ0) is 20.3. The minimum Gasteiger partial charge on any atom is -0.355 e. The quantitative estimate of drug-likeness (QED) is 0.754. The lowest BCUT2D eigenvalue weighted by molar-refractivity contribution is -0.137. The van der Waals surface area contributed by atoms with Gasteiger partial charge in [0.2, 0.25) is 5.91 Å². The molecule has 1 amide bonds. The second-order valence-electron chi connectivity index (χ2n) is 6.79. The number of hydrogen-bond donors (Lipinski definition) is 1. The van der Waals surface area contributed by atoms with Crippen molar-refractivity contribution in [2.45, 2.75) is 32.4 Å². The summed E-state index contributed by atoms with van der Waals surface area (Å²) >= 11 is 6.02. The largest absolute Gasteiger partial charge is 0.417 e. The summed E-state index contributed by atoms with van der Waals surface area (Å²) in [6.45, 7) is 3.04. The van der Waals surface area contributed by atoms with Crippen molar-refractivity contribution >= 4 is 29.0 Å². The lowest BCUT2D eigenvalue weighted by atomic mass is 9.95. The van der Waals surface area contributed by atoms with Crippen LogP contribution in [-0.4, -0.2) is 24.0 Å². The molecule has 28 heavy (non-hydrogen) atoms. The standard InChI is InChI=1S/C20H21ClF3N3O/c1-2-13-5-3-4-6-17(13)26-19(28)14-7-9-27(10-8-14)18-16(21)11-15(12-25-18)20(22,23)24/h3-6,11-12,14H,2,7-10H2,1H3,(H,26,28). The van der Waals surface area contributed by atoms with Crippen molar-refractivity contribution in [1.29, 1.82) is 0 Å². The third-order valence-corrected chi connectivity index (χ3v) is 5.25. The number of rotatable bonds is 4. The Morgan fingerprint density at radius 2 is 1.96 bits per heavy atom. The van der Waals surface area contributed by atoms with Gasteiger partial charge in [-0.15, -0.1) is 0 Å². The van der Waals surface area contributed by atoms with E-state index in [9.17, 15) is 18.0 Å².